The minimum atomic E-state index is -0.00981. The summed E-state index contributed by atoms with van der Waals surface area (Å²) in [4.78, 5) is 19.8. The molecule has 126 valence electrons. The normalized spacial score (nSPS) is 10.3. The highest BCUT2D eigenvalue weighted by Gasteiger charge is 2.09. The molecule has 3 rings (SSSR count). The average molecular weight is 354 g/mol. The lowest BCUT2D eigenvalue weighted by atomic mass is 10.1. The van der Waals surface area contributed by atoms with Gasteiger partial charge in [0.05, 0.1) is 0 Å². The van der Waals surface area contributed by atoms with Crippen molar-refractivity contribution in [2.75, 3.05) is 16.4 Å². The number of nitrogens with two attached hydrogens (primary N) is 1. The summed E-state index contributed by atoms with van der Waals surface area (Å²) in [7, 11) is 0. The van der Waals surface area contributed by atoms with Crippen molar-refractivity contribution in [2.24, 2.45) is 0 Å². The van der Waals surface area contributed by atoms with E-state index in [0.717, 1.165) is 11.4 Å². The van der Waals surface area contributed by atoms with Gasteiger partial charge in [0.15, 0.2) is 17.4 Å². The first-order valence-corrected chi connectivity index (χ1v) is 7.92. The zero-order valence-corrected chi connectivity index (χ0v) is 14.2. The monoisotopic (exact) mass is 353 g/mol. The van der Waals surface area contributed by atoms with Crippen molar-refractivity contribution in [3.05, 3.63) is 65.4 Å². The first-order valence-electron chi connectivity index (χ1n) is 7.54. The van der Waals surface area contributed by atoms with E-state index >= 15 is 0 Å². The van der Waals surface area contributed by atoms with Gasteiger partial charge in [0, 0.05) is 22.0 Å². The van der Waals surface area contributed by atoms with Gasteiger partial charge < -0.3 is 16.4 Å². The van der Waals surface area contributed by atoms with E-state index in [9.17, 15) is 4.79 Å². The standard InChI is InChI=1S/C18H16ClN5O/c1-11(25)12-3-2-4-15(9-12)24-18-16(20)17(21-10-22-18)23-14-7-5-13(19)6-8-14/h2-10H,20H2,1H3,(H2,21,22,23,24). The maximum atomic E-state index is 11.5. The summed E-state index contributed by atoms with van der Waals surface area (Å²) >= 11 is 5.88. The molecule has 0 bridgehead atoms. The summed E-state index contributed by atoms with van der Waals surface area (Å²) in [6, 6.07) is 14.3. The van der Waals surface area contributed by atoms with E-state index in [4.69, 9.17) is 17.3 Å². The molecule has 0 aliphatic heterocycles. The number of benzene rings is 2. The summed E-state index contributed by atoms with van der Waals surface area (Å²) in [5, 5.41) is 6.89. The number of nitrogen functional groups attached to an aromatic ring is 1. The van der Waals surface area contributed by atoms with Crippen LogP contribution in [0.5, 0.6) is 0 Å². The molecule has 0 radical (unpaired) electrons. The predicted molar refractivity (Wildman–Crippen MR) is 101 cm³/mol. The fraction of sp³-hybridized carbons (Fsp3) is 0.0556. The van der Waals surface area contributed by atoms with Crippen molar-refractivity contribution < 1.29 is 4.79 Å². The number of nitrogens with zero attached hydrogens (tertiary/aromatic N) is 2. The second kappa shape index (κ2) is 7.19. The lowest BCUT2D eigenvalue weighted by molar-refractivity contribution is 0.101. The van der Waals surface area contributed by atoms with Crippen molar-refractivity contribution in [3.8, 4) is 0 Å². The predicted octanol–water partition coefficient (Wildman–Crippen LogP) is 4.40. The van der Waals surface area contributed by atoms with Gasteiger partial charge in [-0.25, -0.2) is 9.97 Å². The summed E-state index contributed by atoms with van der Waals surface area (Å²) in [6.07, 6.45) is 1.41. The number of anilines is 5. The lowest BCUT2D eigenvalue weighted by Gasteiger charge is -2.13. The van der Waals surface area contributed by atoms with E-state index in [2.05, 4.69) is 20.6 Å². The number of ketones is 1. The van der Waals surface area contributed by atoms with E-state index in [1.54, 1.807) is 30.3 Å². The molecule has 7 heteroatoms. The van der Waals surface area contributed by atoms with E-state index < -0.39 is 0 Å². The zero-order valence-electron chi connectivity index (χ0n) is 13.5. The number of carbonyl (C=O) groups is 1. The zero-order chi connectivity index (χ0) is 17.8. The first-order chi connectivity index (χ1) is 12.0. The number of hydrogen-bond donors (Lipinski definition) is 3. The summed E-state index contributed by atoms with van der Waals surface area (Å²) in [5.41, 5.74) is 8.66. The minimum Gasteiger partial charge on any atom is -0.393 e. The Morgan fingerprint density at radius 1 is 1.00 bits per heavy atom. The highest BCUT2D eigenvalue weighted by Crippen LogP contribution is 2.28. The topological polar surface area (TPSA) is 92.9 Å². The van der Waals surface area contributed by atoms with Crippen molar-refractivity contribution in [1.29, 1.82) is 0 Å². The molecule has 1 aromatic heterocycles. The Morgan fingerprint density at radius 3 is 2.28 bits per heavy atom. The van der Waals surface area contributed by atoms with Crippen LogP contribution in [-0.2, 0) is 0 Å². The van der Waals surface area contributed by atoms with Gasteiger partial charge >= 0.3 is 0 Å². The lowest BCUT2D eigenvalue weighted by Crippen LogP contribution is -2.05. The van der Waals surface area contributed by atoms with Gasteiger partial charge in [-0.05, 0) is 43.3 Å². The molecule has 0 unspecified atom stereocenters. The second-order valence-electron chi connectivity index (χ2n) is 5.38. The summed E-state index contributed by atoms with van der Waals surface area (Å²) in [6.45, 7) is 1.52. The Morgan fingerprint density at radius 2 is 1.64 bits per heavy atom. The van der Waals surface area contributed by atoms with Crippen molar-refractivity contribution in [3.63, 3.8) is 0 Å². The van der Waals surface area contributed by atoms with Gasteiger partial charge in [0.1, 0.15) is 12.0 Å². The SMILES string of the molecule is CC(=O)c1cccc(Nc2ncnc(Nc3ccc(Cl)cc3)c2N)c1. The molecule has 0 aliphatic carbocycles. The van der Waals surface area contributed by atoms with Crippen LogP contribution in [0.2, 0.25) is 5.02 Å². The quantitative estimate of drug-likeness (QED) is 0.588. The maximum absolute atomic E-state index is 11.5. The highest BCUT2D eigenvalue weighted by molar-refractivity contribution is 6.30. The Kier molecular flexibility index (Phi) is 4.81. The number of halogens is 1. The van der Waals surface area contributed by atoms with Crippen LogP contribution in [0.3, 0.4) is 0 Å². The molecule has 4 N–H and O–H groups in total. The largest absolute Gasteiger partial charge is 0.393 e. The van der Waals surface area contributed by atoms with Gasteiger partial charge in [0.25, 0.3) is 0 Å². The second-order valence-corrected chi connectivity index (χ2v) is 5.81. The van der Waals surface area contributed by atoms with Gasteiger partial charge in [-0.3, -0.25) is 4.79 Å². The number of rotatable bonds is 5. The molecular weight excluding hydrogens is 338 g/mol. The molecular formula is C18H16ClN5O. The van der Waals surface area contributed by atoms with Crippen LogP contribution in [0.1, 0.15) is 17.3 Å². The van der Waals surface area contributed by atoms with E-state index in [-0.39, 0.29) is 5.78 Å². The molecule has 0 spiro atoms. The van der Waals surface area contributed by atoms with Crippen molar-refractivity contribution >= 4 is 46.1 Å². The molecule has 6 nitrogen and oxygen atoms in total. The molecule has 3 aromatic rings. The van der Waals surface area contributed by atoms with Crippen molar-refractivity contribution in [2.45, 2.75) is 6.92 Å². The smallest absolute Gasteiger partial charge is 0.159 e. The molecule has 25 heavy (non-hydrogen) atoms. The van der Waals surface area contributed by atoms with Crippen LogP contribution in [0.4, 0.5) is 28.7 Å². The molecule has 0 fully saturated rings. The molecule has 0 amide bonds. The van der Waals surface area contributed by atoms with Crippen molar-refractivity contribution in [1.82, 2.24) is 9.97 Å². The molecule has 0 saturated carbocycles. The van der Waals surface area contributed by atoms with Crippen LogP contribution >= 0.6 is 11.6 Å². The highest BCUT2D eigenvalue weighted by atomic mass is 35.5. The fourth-order valence-electron chi connectivity index (χ4n) is 2.22. The fourth-order valence-corrected chi connectivity index (χ4v) is 2.34. The van der Waals surface area contributed by atoms with Gasteiger partial charge in [0.2, 0.25) is 0 Å². The van der Waals surface area contributed by atoms with Crippen LogP contribution in [0.15, 0.2) is 54.9 Å². The number of carbonyl (C=O) groups excluding carboxylic acids is 1. The molecule has 2 aromatic carbocycles. The Bertz CT molecular complexity index is 912. The average Bonchev–Trinajstić information content (AvgIpc) is 2.60. The molecule has 1 heterocycles. The van der Waals surface area contributed by atoms with E-state index in [0.29, 0.717) is 27.9 Å². The third kappa shape index (κ3) is 4.05. The van der Waals surface area contributed by atoms with Crippen LogP contribution in [0.25, 0.3) is 0 Å². The van der Waals surface area contributed by atoms with Crippen LogP contribution in [-0.4, -0.2) is 15.8 Å². The van der Waals surface area contributed by atoms with E-state index in [1.165, 1.54) is 13.3 Å². The summed E-state index contributed by atoms with van der Waals surface area (Å²) in [5.74, 6) is 0.916. The van der Waals surface area contributed by atoms with Crippen LogP contribution in [0, 0.1) is 0 Å². The molecule has 0 atom stereocenters. The van der Waals surface area contributed by atoms with E-state index in [1.807, 2.05) is 18.2 Å². The van der Waals surface area contributed by atoms with Crippen LogP contribution < -0.4 is 16.4 Å². The molecule has 0 saturated heterocycles. The Labute approximate surface area is 150 Å². The first kappa shape index (κ1) is 16.7. The van der Waals surface area contributed by atoms with Gasteiger partial charge in [-0.1, -0.05) is 23.7 Å². The number of Topliss-reactive ketones (excluding diaryl/α,β-unsaturated/α-hetero) is 1. The van der Waals surface area contributed by atoms with Gasteiger partial charge in [-0.15, -0.1) is 0 Å². The number of hydrogen-bond acceptors (Lipinski definition) is 6. The number of nitrogens with one attached hydrogen (secondary N) is 2. The van der Waals surface area contributed by atoms with Gasteiger partial charge in [-0.2, -0.15) is 0 Å². The third-order valence-corrected chi connectivity index (χ3v) is 3.77. The molecule has 0 aliphatic rings. The Balaban J connectivity index is 1.84. The maximum Gasteiger partial charge on any atom is 0.159 e. The summed E-state index contributed by atoms with van der Waals surface area (Å²) < 4.78 is 0. The third-order valence-electron chi connectivity index (χ3n) is 3.52. The Hall–Kier alpha value is -3.12. The minimum absolute atomic E-state index is 0.00981. The number of aromatic nitrogens is 2.